The van der Waals surface area contributed by atoms with Crippen LogP contribution in [0.2, 0.25) is 0 Å². The summed E-state index contributed by atoms with van der Waals surface area (Å²) in [6.07, 6.45) is 1.19. The third-order valence-electron chi connectivity index (χ3n) is 2.82. The molecule has 11 heteroatoms. The second kappa shape index (κ2) is 7.44. The van der Waals surface area contributed by atoms with Crippen LogP contribution in [0.3, 0.4) is 0 Å². The van der Waals surface area contributed by atoms with Gasteiger partial charge >= 0.3 is 12.4 Å². The number of rotatable bonds is 7. The maximum atomic E-state index is 13.1. The molecule has 0 unspecified atom stereocenters. The SMILES string of the molecule is O=C(CCn1ccc([N+](=O)[O-])n1)Nc1ccc(F)cc1OC(F)F. The average molecular weight is 344 g/mol. The van der Waals surface area contributed by atoms with Crippen LogP contribution in [-0.2, 0) is 11.3 Å². The van der Waals surface area contributed by atoms with E-state index in [0.29, 0.717) is 0 Å². The minimum atomic E-state index is -3.17. The molecule has 0 aliphatic carbocycles. The van der Waals surface area contributed by atoms with Gasteiger partial charge in [0, 0.05) is 12.5 Å². The van der Waals surface area contributed by atoms with E-state index in [1.54, 1.807) is 0 Å². The number of carbonyl (C=O) groups excluding carboxylic acids is 1. The summed E-state index contributed by atoms with van der Waals surface area (Å²) in [4.78, 5) is 21.6. The first-order valence-electron chi connectivity index (χ1n) is 6.57. The summed E-state index contributed by atoms with van der Waals surface area (Å²) in [5, 5.41) is 16.4. The second-order valence-corrected chi connectivity index (χ2v) is 4.51. The zero-order chi connectivity index (χ0) is 17.7. The van der Waals surface area contributed by atoms with Gasteiger partial charge in [-0.25, -0.2) is 4.39 Å². The van der Waals surface area contributed by atoms with Crippen molar-refractivity contribution in [3.05, 3.63) is 46.4 Å². The van der Waals surface area contributed by atoms with E-state index in [1.807, 2.05) is 0 Å². The number of nitrogens with one attached hydrogen (secondary N) is 1. The minimum Gasteiger partial charge on any atom is -0.432 e. The molecule has 0 bridgehead atoms. The van der Waals surface area contributed by atoms with Crippen LogP contribution in [0.15, 0.2) is 30.5 Å². The highest BCUT2D eigenvalue weighted by Crippen LogP contribution is 2.27. The number of aromatic nitrogens is 2. The number of halogens is 3. The van der Waals surface area contributed by atoms with Crippen molar-refractivity contribution in [2.45, 2.75) is 19.6 Å². The second-order valence-electron chi connectivity index (χ2n) is 4.51. The molecule has 1 aromatic carbocycles. The lowest BCUT2D eigenvalue weighted by molar-refractivity contribution is -0.389. The summed E-state index contributed by atoms with van der Waals surface area (Å²) < 4.78 is 43.0. The molecule has 1 heterocycles. The Kier molecular flexibility index (Phi) is 5.35. The number of anilines is 1. The van der Waals surface area contributed by atoms with Crippen LogP contribution in [0.1, 0.15) is 6.42 Å². The van der Waals surface area contributed by atoms with E-state index in [-0.39, 0.29) is 24.5 Å². The van der Waals surface area contributed by atoms with Gasteiger partial charge in [0.25, 0.3) is 0 Å². The Labute approximate surface area is 133 Å². The molecule has 0 saturated heterocycles. The molecule has 24 heavy (non-hydrogen) atoms. The van der Waals surface area contributed by atoms with Crippen molar-refractivity contribution in [1.82, 2.24) is 9.78 Å². The Morgan fingerprint density at radius 2 is 2.17 bits per heavy atom. The van der Waals surface area contributed by atoms with E-state index >= 15 is 0 Å². The zero-order valence-corrected chi connectivity index (χ0v) is 12.0. The number of amides is 1. The van der Waals surface area contributed by atoms with Crippen LogP contribution < -0.4 is 10.1 Å². The van der Waals surface area contributed by atoms with Gasteiger partial charge in [-0.05, 0) is 17.1 Å². The van der Waals surface area contributed by atoms with Gasteiger partial charge in [0.2, 0.25) is 5.91 Å². The molecular weight excluding hydrogens is 333 g/mol. The summed E-state index contributed by atoms with van der Waals surface area (Å²) in [6.45, 7) is -3.14. The van der Waals surface area contributed by atoms with Crippen molar-refractivity contribution in [2.75, 3.05) is 5.32 Å². The van der Waals surface area contributed by atoms with Crippen LogP contribution >= 0.6 is 0 Å². The van der Waals surface area contributed by atoms with E-state index in [4.69, 9.17) is 0 Å². The Bertz CT molecular complexity index is 751. The molecule has 1 aromatic heterocycles. The normalized spacial score (nSPS) is 10.7. The Morgan fingerprint density at radius 3 is 2.79 bits per heavy atom. The van der Waals surface area contributed by atoms with Crippen LogP contribution in [0.25, 0.3) is 0 Å². The van der Waals surface area contributed by atoms with E-state index < -0.39 is 29.0 Å². The Balaban J connectivity index is 1.97. The van der Waals surface area contributed by atoms with E-state index in [2.05, 4.69) is 15.2 Å². The highest BCUT2D eigenvalue weighted by atomic mass is 19.3. The van der Waals surface area contributed by atoms with Gasteiger partial charge in [0.1, 0.15) is 5.82 Å². The Hall–Kier alpha value is -3.11. The number of benzene rings is 1. The smallest absolute Gasteiger partial charge is 0.389 e. The number of nitro groups is 1. The van der Waals surface area contributed by atoms with Gasteiger partial charge in [-0.2, -0.15) is 13.5 Å². The third kappa shape index (κ3) is 4.69. The van der Waals surface area contributed by atoms with Crippen molar-refractivity contribution < 1.29 is 27.6 Å². The molecule has 128 valence electrons. The fourth-order valence-electron chi connectivity index (χ4n) is 1.79. The zero-order valence-electron chi connectivity index (χ0n) is 12.0. The summed E-state index contributed by atoms with van der Waals surface area (Å²) >= 11 is 0. The topological polar surface area (TPSA) is 99.3 Å². The van der Waals surface area contributed by atoms with Crippen molar-refractivity contribution in [1.29, 1.82) is 0 Å². The molecule has 0 aliphatic heterocycles. The van der Waals surface area contributed by atoms with Crippen LogP contribution in [0.5, 0.6) is 5.75 Å². The van der Waals surface area contributed by atoms with Gasteiger partial charge in [-0.15, -0.1) is 0 Å². The Morgan fingerprint density at radius 1 is 1.42 bits per heavy atom. The van der Waals surface area contributed by atoms with Gasteiger partial charge in [-0.1, -0.05) is 0 Å². The molecule has 8 nitrogen and oxygen atoms in total. The lowest BCUT2D eigenvalue weighted by Gasteiger charge is -2.11. The molecule has 0 atom stereocenters. The predicted octanol–water partition coefficient (Wildman–Crippen LogP) is 2.56. The number of hydrogen-bond acceptors (Lipinski definition) is 5. The van der Waals surface area contributed by atoms with Crippen molar-refractivity contribution in [3.63, 3.8) is 0 Å². The first-order chi connectivity index (χ1) is 11.3. The predicted molar refractivity (Wildman–Crippen MR) is 75.2 cm³/mol. The number of alkyl halides is 2. The molecule has 1 N–H and O–H groups in total. The van der Waals surface area contributed by atoms with E-state index in [1.165, 1.54) is 16.9 Å². The number of nitrogens with zero attached hydrogens (tertiary/aromatic N) is 3. The standard InChI is InChI=1S/C13H11F3N4O4/c14-8-1-2-9(10(7-8)24-13(15)16)17-12(21)4-6-19-5-3-11(18-19)20(22)23/h1-3,5,7,13H,4,6H2,(H,17,21). The van der Waals surface area contributed by atoms with Crippen molar-refractivity contribution >= 4 is 17.4 Å². The van der Waals surface area contributed by atoms with E-state index in [0.717, 1.165) is 18.2 Å². The molecular formula is C13H11F3N4O4. The number of ether oxygens (including phenoxy) is 1. The molecule has 0 fully saturated rings. The maximum Gasteiger partial charge on any atom is 0.389 e. The highest BCUT2D eigenvalue weighted by Gasteiger charge is 2.15. The van der Waals surface area contributed by atoms with Gasteiger partial charge in [-0.3, -0.25) is 4.79 Å². The quantitative estimate of drug-likeness (QED) is 0.615. The molecule has 0 saturated carbocycles. The van der Waals surface area contributed by atoms with Crippen LogP contribution in [0.4, 0.5) is 24.7 Å². The van der Waals surface area contributed by atoms with Gasteiger partial charge < -0.3 is 20.2 Å². The lowest BCUT2D eigenvalue weighted by atomic mass is 10.2. The molecule has 2 rings (SSSR count). The molecule has 1 amide bonds. The lowest BCUT2D eigenvalue weighted by Crippen LogP contribution is -2.16. The monoisotopic (exact) mass is 344 g/mol. The molecule has 2 aromatic rings. The van der Waals surface area contributed by atoms with Gasteiger partial charge in [0.05, 0.1) is 29.6 Å². The molecule has 0 radical (unpaired) electrons. The number of aryl methyl sites for hydroxylation is 1. The summed E-state index contributed by atoms with van der Waals surface area (Å²) in [6, 6.07) is 3.96. The largest absolute Gasteiger partial charge is 0.432 e. The van der Waals surface area contributed by atoms with Crippen LogP contribution in [0, 0.1) is 15.9 Å². The minimum absolute atomic E-state index is 0.0336. The summed E-state index contributed by atoms with van der Waals surface area (Å²) in [5.74, 6) is -2.25. The summed E-state index contributed by atoms with van der Waals surface area (Å²) in [7, 11) is 0. The first kappa shape index (κ1) is 17.2. The average Bonchev–Trinajstić information content (AvgIpc) is 2.96. The third-order valence-corrected chi connectivity index (χ3v) is 2.82. The fourth-order valence-corrected chi connectivity index (χ4v) is 1.79. The first-order valence-corrected chi connectivity index (χ1v) is 6.57. The maximum absolute atomic E-state index is 13.1. The fraction of sp³-hybridized carbons (Fsp3) is 0.231. The van der Waals surface area contributed by atoms with E-state index in [9.17, 15) is 28.1 Å². The number of hydrogen-bond donors (Lipinski definition) is 1. The number of carbonyl (C=O) groups is 1. The van der Waals surface area contributed by atoms with Crippen molar-refractivity contribution in [3.8, 4) is 5.75 Å². The summed E-state index contributed by atoms with van der Waals surface area (Å²) in [5.41, 5.74) is -0.117. The van der Waals surface area contributed by atoms with Gasteiger partial charge in [0.15, 0.2) is 5.75 Å². The molecule has 0 aliphatic rings. The molecule has 0 spiro atoms. The van der Waals surface area contributed by atoms with Crippen molar-refractivity contribution in [2.24, 2.45) is 0 Å². The van der Waals surface area contributed by atoms with Crippen LogP contribution in [-0.4, -0.2) is 27.2 Å². The highest BCUT2D eigenvalue weighted by molar-refractivity contribution is 5.92.